The molecule has 7 heteroatoms. The molecule has 0 amide bonds. The highest BCUT2D eigenvalue weighted by Gasteiger charge is 2.42. The fraction of sp³-hybridized carbons (Fsp3) is 0.267. The van der Waals surface area contributed by atoms with Gasteiger partial charge < -0.3 is 14.7 Å². The minimum Gasteiger partial charge on any atom is -0.480 e. The van der Waals surface area contributed by atoms with Gasteiger partial charge in [0.1, 0.15) is 0 Å². The topological polar surface area (TPSA) is 81.0 Å². The second-order valence-corrected chi connectivity index (χ2v) is 6.08. The van der Waals surface area contributed by atoms with Crippen LogP contribution in [-0.2, 0) is 9.63 Å². The Balaban J connectivity index is 1.98. The summed E-state index contributed by atoms with van der Waals surface area (Å²) in [6.45, 7) is 1.51. The van der Waals surface area contributed by atoms with Crippen LogP contribution >= 0.6 is 15.9 Å². The summed E-state index contributed by atoms with van der Waals surface area (Å²) in [4.78, 5) is 20.7. The van der Waals surface area contributed by atoms with Gasteiger partial charge in [0.15, 0.2) is 0 Å². The van der Waals surface area contributed by atoms with E-state index in [1.165, 1.54) is 6.92 Å². The maximum absolute atomic E-state index is 11.2. The van der Waals surface area contributed by atoms with Crippen molar-refractivity contribution in [1.29, 1.82) is 0 Å². The molecule has 2 heterocycles. The molecular formula is C15H13BrN2O4. The lowest BCUT2D eigenvalue weighted by Crippen LogP contribution is -2.35. The Labute approximate surface area is 134 Å². The molecule has 1 aliphatic heterocycles. The van der Waals surface area contributed by atoms with E-state index >= 15 is 0 Å². The van der Waals surface area contributed by atoms with Gasteiger partial charge >= 0.3 is 5.97 Å². The molecular weight excluding hydrogens is 352 g/mol. The second kappa shape index (κ2) is 5.24. The lowest BCUT2D eigenvalue weighted by molar-refractivity contribution is -0.160. The van der Waals surface area contributed by atoms with Gasteiger partial charge in [-0.25, -0.2) is 9.78 Å². The maximum atomic E-state index is 11.2. The number of benzene rings is 1. The van der Waals surface area contributed by atoms with Crippen molar-refractivity contribution in [1.82, 2.24) is 4.98 Å². The molecule has 0 saturated carbocycles. The van der Waals surface area contributed by atoms with Crippen molar-refractivity contribution in [3.8, 4) is 5.88 Å². The summed E-state index contributed by atoms with van der Waals surface area (Å²) >= 11 is 3.40. The van der Waals surface area contributed by atoms with Gasteiger partial charge in [0, 0.05) is 17.4 Å². The van der Waals surface area contributed by atoms with Gasteiger partial charge in [-0.15, -0.1) is 0 Å². The first kappa shape index (κ1) is 14.8. The molecule has 0 radical (unpaired) electrons. The van der Waals surface area contributed by atoms with Gasteiger partial charge in [0.05, 0.1) is 22.8 Å². The summed E-state index contributed by atoms with van der Waals surface area (Å²) in [5.41, 5.74) is 0.905. The van der Waals surface area contributed by atoms with Crippen molar-refractivity contribution in [2.75, 3.05) is 7.11 Å². The normalized spacial score (nSPS) is 20.6. The summed E-state index contributed by atoms with van der Waals surface area (Å²) in [5, 5.41) is 14.0. The SMILES string of the molecule is COc1nc2ccc(C3=NOC(C)(C(=O)O)C3)cc2cc1Br. The van der Waals surface area contributed by atoms with E-state index < -0.39 is 11.6 Å². The number of ether oxygens (including phenoxy) is 1. The number of carboxylic acids is 1. The van der Waals surface area contributed by atoms with Crippen LogP contribution in [0.25, 0.3) is 10.9 Å². The van der Waals surface area contributed by atoms with Crippen LogP contribution < -0.4 is 4.74 Å². The van der Waals surface area contributed by atoms with E-state index in [0.717, 1.165) is 20.9 Å². The Morgan fingerprint density at radius 1 is 1.45 bits per heavy atom. The molecule has 0 fully saturated rings. The number of hydrogen-bond acceptors (Lipinski definition) is 5. The van der Waals surface area contributed by atoms with E-state index in [2.05, 4.69) is 26.1 Å². The monoisotopic (exact) mass is 364 g/mol. The van der Waals surface area contributed by atoms with Gasteiger partial charge in [-0.3, -0.25) is 0 Å². The molecule has 6 nitrogen and oxygen atoms in total. The van der Waals surface area contributed by atoms with Crippen LogP contribution in [0.1, 0.15) is 18.9 Å². The van der Waals surface area contributed by atoms with Crippen LogP contribution in [-0.4, -0.2) is 34.5 Å². The lowest BCUT2D eigenvalue weighted by atomic mass is 9.95. The fourth-order valence-electron chi connectivity index (χ4n) is 2.26. The molecule has 0 spiro atoms. The molecule has 3 rings (SSSR count). The van der Waals surface area contributed by atoms with E-state index in [1.807, 2.05) is 24.3 Å². The van der Waals surface area contributed by atoms with Crippen molar-refractivity contribution in [3.63, 3.8) is 0 Å². The Bertz CT molecular complexity index is 805. The van der Waals surface area contributed by atoms with Gasteiger partial charge in [-0.1, -0.05) is 11.2 Å². The van der Waals surface area contributed by atoms with E-state index in [-0.39, 0.29) is 6.42 Å². The number of rotatable bonds is 3. The van der Waals surface area contributed by atoms with Crippen LogP contribution in [0.3, 0.4) is 0 Å². The van der Waals surface area contributed by atoms with Crippen LogP contribution in [0.15, 0.2) is 33.9 Å². The molecule has 1 atom stereocenters. The number of oxime groups is 1. The Kier molecular flexibility index (Phi) is 3.52. The van der Waals surface area contributed by atoms with Crippen molar-refractivity contribution >= 4 is 38.5 Å². The second-order valence-electron chi connectivity index (χ2n) is 5.23. The molecule has 114 valence electrons. The summed E-state index contributed by atoms with van der Waals surface area (Å²) in [6, 6.07) is 7.50. The quantitative estimate of drug-likeness (QED) is 0.905. The van der Waals surface area contributed by atoms with Gasteiger partial charge in [0.2, 0.25) is 11.5 Å². The Hall–Kier alpha value is -2.15. The van der Waals surface area contributed by atoms with Crippen LogP contribution in [0.2, 0.25) is 0 Å². The van der Waals surface area contributed by atoms with E-state index in [0.29, 0.717) is 11.6 Å². The van der Waals surface area contributed by atoms with Crippen molar-refractivity contribution in [2.24, 2.45) is 5.16 Å². The maximum Gasteiger partial charge on any atom is 0.351 e. The molecule has 1 aromatic heterocycles. The number of aliphatic carboxylic acids is 1. The van der Waals surface area contributed by atoms with E-state index in [1.54, 1.807) is 7.11 Å². The van der Waals surface area contributed by atoms with E-state index in [9.17, 15) is 9.90 Å². The summed E-state index contributed by atoms with van der Waals surface area (Å²) in [7, 11) is 1.56. The average molecular weight is 365 g/mol. The highest BCUT2D eigenvalue weighted by Crippen LogP contribution is 2.30. The third kappa shape index (κ3) is 2.41. The first-order chi connectivity index (χ1) is 10.4. The molecule has 1 aliphatic rings. The third-order valence-corrected chi connectivity index (χ3v) is 4.15. The first-order valence-electron chi connectivity index (χ1n) is 6.56. The smallest absolute Gasteiger partial charge is 0.351 e. The number of carbonyl (C=O) groups is 1. The zero-order valence-electron chi connectivity index (χ0n) is 12.0. The van der Waals surface area contributed by atoms with Crippen molar-refractivity contribution < 1.29 is 19.5 Å². The fourth-order valence-corrected chi connectivity index (χ4v) is 2.76. The zero-order valence-corrected chi connectivity index (χ0v) is 13.5. The molecule has 0 aliphatic carbocycles. The highest BCUT2D eigenvalue weighted by atomic mass is 79.9. The standard InChI is InChI=1S/C15H13BrN2O4/c1-15(14(19)20)7-12(18-22-15)8-3-4-11-9(5-8)6-10(16)13(17-11)21-2/h3-6H,7H2,1-2H3,(H,19,20). The predicted octanol–water partition coefficient (Wildman–Crippen LogP) is 2.97. The number of nitrogens with zero attached hydrogens (tertiary/aromatic N) is 2. The third-order valence-electron chi connectivity index (χ3n) is 3.58. The predicted molar refractivity (Wildman–Crippen MR) is 84.3 cm³/mol. The highest BCUT2D eigenvalue weighted by molar-refractivity contribution is 9.10. The Morgan fingerprint density at radius 3 is 2.86 bits per heavy atom. The number of hydrogen-bond donors (Lipinski definition) is 1. The van der Waals surface area contributed by atoms with Crippen molar-refractivity contribution in [3.05, 3.63) is 34.3 Å². The average Bonchev–Trinajstić information content (AvgIpc) is 2.90. The zero-order chi connectivity index (χ0) is 15.9. The molecule has 1 aromatic carbocycles. The van der Waals surface area contributed by atoms with E-state index in [4.69, 9.17) is 9.57 Å². The number of pyridine rings is 1. The largest absolute Gasteiger partial charge is 0.480 e. The molecule has 0 saturated heterocycles. The van der Waals surface area contributed by atoms with Crippen LogP contribution in [0.5, 0.6) is 5.88 Å². The number of carboxylic acid groups (broad SMARTS) is 1. The molecule has 22 heavy (non-hydrogen) atoms. The first-order valence-corrected chi connectivity index (χ1v) is 7.35. The molecule has 0 bridgehead atoms. The number of aromatic nitrogens is 1. The lowest BCUT2D eigenvalue weighted by Gasteiger charge is -2.14. The van der Waals surface area contributed by atoms with Crippen LogP contribution in [0.4, 0.5) is 0 Å². The molecule has 1 N–H and O–H groups in total. The minimum absolute atomic E-state index is 0.221. The summed E-state index contributed by atoms with van der Waals surface area (Å²) in [5.74, 6) is -0.513. The van der Waals surface area contributed by atoms with Crippen LogP contribution in [0, 0.1) is 0 Å². The number of fused-ring (bicyclic) bond motifs is 1. The number of halogens is 1. The number of methoxy groups -OCH3 is 1. The van der Waals surface area contributed by atoms with Gasteiger partial charge in [-0.2, -0.15) is 0 Å². The van der Waals surface area contributed by atoms with Gasteiger partial charge in [0.25, 0.3) is 0 Å². The molecule has 1 unspecified atom stereocenters. The molecule has 2 aromatic rings. The summed E-state index contributed by atoms with van der Waals surface area (Å²) < 4.78 is 5.92. The van der Waals surface area contributed by atoms with Crippen molar-refractivity contribution in [2.45, 2.75) is 18.9 Å². The summed E-state index contributed by atoms with van der Waals surface area (Å²) in [6.07, 6.45) is 0.221. The Morgan fingerprint density at radius 2 is 2.23 bits per heavy atom. The van der Waals surface area contributed by atoms with Gasteiger partial charge in [-0.05, 0) is 41.1 Å². The minimum atomic E-state index is -1.30.